The lowest BCUT2D eigenvalue weighted by Gasteiger charge is -2.37. The molecule has 3 aliphatic heterocycles. The molecule has 0 unspecified atom stereocenters. The van der Waals surface area contributed by atoms with E-state index in [4.69, 9.17) is 26.2 Å². The Hall–Kier alpha value is -2.38. The van der Waals surface area contributed by atoms with E-state index in [0.29, 0.717) is 30.8 Å². The van der Waals surface area contributed by atoms with Gasteiger partial charge < -0.3 is 9.64 Å². The largest absolute Gasteiger partial charge is 0.462 e. The van der Waals surface area contributed by atoms with Gasteiger partial charge in [-0.25, -0.2) is 14.8 Å². The smallest absolute Gasteiger partial charge is 0.341 e. The van der Waals surface area contributed by atoms with Gasteiger partial charge in [0.1, 0.15) is 5.57 Å². The summed E-state index contributed by atoms with van der Waals surface area (Å²) in [4.78, 5) is 28.6. The summed E-state index contributed by atoms with van der Waals surface area (Å²) < 4.78 is 5.74. The second-order valence-corrected chi connectivity index (χ2v) is 10.9. The van der Waals surface area contributed by atoms with E-state index in [2.05, 4.69) is 23.7 Å². The first kappa shape index (κ1) is 29.2. The van der Waals surface area contributed by atoms with Crippen LogP contribution in [0.3, 0.4) is 0 Å². The molecule has 0 spiro atoms. The fourth-order valence-corrected chi connectivity index (χ4v) is 5.72. The molecule has 3 rings (SSSR count). The number of guanidine groups is 2. The van der Waals surface area contributed by atoms with Crippen LogP contribution < -0.4 is 16.5 Å². The van der Waals surface area contributed by atoms with Gasteiger partial charge in [-0.3, -0.25) is 16.5 Å². The normalized spacial score (nSPS) is 20.4. The maximum atomic E-state index is 13.3. The Labute approximate surface area is 224 Å². The lowest BCUT2D eigenvalue weighted by Crippen LogP contribution is -2.78. The van der Waals surface area contributed by atoms with E-state index in [1.165, 1.54) is 44.9 Å². The van der Waals surface area contributed by atoms with E-state index in [1.54, 1.807) is 0 Å². The van der Waals surface area contributed by atoms with Crippen molar-refractivity contribution >= 4 is 23.6 Å². The molecule has 0 aromatic rings. The molecule has 1 saturated heterocycles. The number of ether oxygens (including phenoxy) is 1. The number of allylic oxidation sites excluding steroid dienone is 1. The minimum absolute atomic E-state index is 0.221. The van der Waals surface area contributed by atoms with Gasteiger partial charge in [-0.1, -0.05) is 71.6 Å². The van der Waals surface area contributed by atoms with Crippen molar-refractivity contribution in [2.45, 2.75) is 135 Å². The van der Waals surface area contributed by atoms with Crippen LogP contribution in [0.25, 0.3) is 0 Å². The van der Waals surface area contributed by atoms with Crippen LogP contribution in [0.15, 0.2) is 21.3 Å². The van der Waals surface area contributed by atoms with Crippen LogP contribution in [0, 0.1) is 0 Å². The van der Waals surface area contributed by atoms with E-state index in [0.717, 1.165) is 81.6 Å². The number of unbranched alkanes of at least 4 members (excludes halogenated alkanes) is 9. The predicted molar refractivity (Wildman–Crippen MR) is 151 cm³/mol. The number of aliphatic imine (C=N–C) groups is 2. The first-order valence-corrected chi connectivity index (χ1v) is 15.0. The summed E-state index contributed by atoms with van der Waals surface area (Å²) in [6, 6.07) is 0.763. The molecular weight excluding hydrogens is 464 g/mol. The Morgan fingerprint density at radius 2 is 1.73 bits per heavy atom. The highest BCUT2D eigenvalue weighted by Gasteiger charge is 2.43. The minimum atomic E-state index is -0.229. The van der Waals surface area contributed by atoms with Crippen molar-refractivity contribution in [1.29, 1.82) is 0 Å². The molecule has 0 bridgehead atoms. The fourth-order valence-electron chi connectivity index (χ4n) is 5.72. The molecule has 208 valence electrons. The first-order chi connectivity index (χ1) is 18.0. The zero-order valence-corrected chi connectivity index (χ0v) is 23.4. The number of esters is 1. The minimum Gasteiger partial charge on any atom is -0.462 e. The third-order valence-electron chi connectivity index (χ3n) is 7.74. The molecule has 0 amide bonds. The topological polar surface area (TPSA) is 120 Å². The fraction of sp³-hybridized carbons (Fsp3) is 0.793. The monoisotopic (exact) mass is 515 g/mol. The second-order valence-electron chi connectivity index (χ2n) is 10.9. The number of carbonyl (C=O) groups is 1. The van der Waals surface area contributed by atoms with Gasteiger partial charge in [-0.15, -0.1) is 0 Å². The number of nitrogens with one attached hydrogen (secondary N) is 1. The Kier molecular flexibility index (Phi) is 12.4. The van der Waals surface area contributed by atoms with Crippen LogP contribution in [0.1, 0.15) is 123 Å². The standard InChI is InChI=1S/C29H50N6O2/c1-3-5-7-8-9-10-12-15-22-21-23-17-18-25-26(27(36)37-20-14-13-19-32-28(30)31)24(16-11-6-4-2)34-29(33-22)35(23)25/h22-23H,3-21H2,1-2H3,(H4,30,31,32)/p+1/t22-,23+/m1/s1. The van der Waals surface area contributed by atoms with E-state index in [9.17, 15) is 4.79 Å². The maximum absolute atomic E-state index is 13.3. The number of nitrogens with zero attached hydrogens (tertiary/aromatic N) is 3. The number of carbonyl (C=O) groups excluding carboxylic acids is 1. The van der Waals surface area contributed by atoms with Crippen molar-refractivity contribution in [2.75, 3.05) is 13.2 Å². The van der Waals surface area contributed by atoms with Gasteiger partial charge in [0.15, 0.2) is 0 Å². The van der Waals surface area contributed by atoms with Crippen molar-refractivity contribution in [3.05, 3.63) is 11.3 Å². The summed E-state index contributed by atoms with van der Waals surface area (Å²) >= 11 is 0. The van der Waals surface area contributed by atoms with Crippen molar-refractivity contribution in [1.82, 2.24) is 4.90 Å². The van der Waals surface area contributed by atoms with Crippen LogP contribution >= 0.6 is 0 Å². The van der Waals surface area contributed by atoms with E-state index in [-0.39, 0.29) is 11.9 Å². The summed E-state index contributed by atoms with van der Waals surface area (Å²) in [5, 5.41) is 0. The summed E-state index contributed by atoms with van der Waals surface area (Å²) in [6.45, 7) is 5.52. The molecule has 5 N–H and O–H groups in total. The van der Waals surface area contributed by atoms with Crippen LogP contribution in [0.4, 0.5) is 0 Å². The maximum Gasteiger partial charge on any atom is 0.341 e. The molecule has 37 heavy (non-hydrogen) atoms. The Morgan fingerprint density at radius 1 is 1.00 bits per heavy atom. The first-order valence-electron chi connectivity index (χ1n) is 15.0. The third kappa shape index (κ3) is 8.85. The van der Waals surface area contributed by atoms with Gasteiger partial charge >= 0.3 is 11.9 Å². The summed E-state index contributed by atoms with van der Waals surface area (Å²) in [6.07, 6.45) is 19.2. The quantitative estimate of drug-likeness (QED) is 0.111. The van der Waals surface area contributed by atoms with Crippen LogP contribution in [-0.2, 0) is 9.53 Å². The SMILES string of the molecule is CCCCCCCCC[C@@H]1C[C@@H]2CCC3=C(C(=O)OCCCC[NH+]=C(N)N)C(CCCCC)=NC(=N1)N32. The molecule has 0 saturated carbocycles. The van der Waals surface area contributed by atoms with Gasteiger partial charge in [0.25, 0.3) is 0 Å². The van der Waals surface area contributed by atoms with Gasteiger partial charge in [0.05, 0.1) is 24.9 Å². The molecule has 0 aromatic carbocycles. The average molecular weight is 516 g/mol. The highest BCUT2D eigenvalue weighted by molar-refractivity contribution is 6.24. The van der Waals surface area contributed by atoms with Crippen molar-refractivity contribution in [3.8, 4) is 0 Å². The molecular formula is C29H51N6O2+. The lowest BCUT2D eigenvalue weighted by atomic mass is 9.97. The number of nitrogens with two attached hydrogens (primary N) is 2. The van der Waals surface area contributed by atoms with Gasteiger partial charge in [-0.05, 0) is 51.4 Å². The van der Waals surface area contributed by atoms with Crippen LogP contribution in [0.5, 0.6) is 0 Å². The number of hydrogen-bond donors (Lipinski definition) is 3. The molecule has 2 atom stereocenters. The zero-order chi connectivity index (χ0) is 26.5. The van der Waals surface area contributed by atoms with E-state index >= 15 is 0 Å². The molecule has 8 heteroatoms. The average Bonchev–Trinajstić information content (AvgIpc) is 3.30. The molecule has 1 fully saturated rings. The summed E-state index contributed by atoms with van der Waals surface area (Å²) in [5.74, 6) is 0.841. The molecule has 0 aromatic heterocycles. The molecule has 0 radical (unpaired) electrons. The summed E-state index contributed by atoms with van der Waals surface area (Å²) in [5.41, 5.74) is 13.5. The molecule has 8 nitrogen and oxygen atoms in total. The molecule has 3 aliphatic rings. The van der Waals surface area contributed by atoms with E-state index in [1.807, 2.05) is 0 Å². The van der Waals surface area contributed by atoms with Gasteiger partial charge in [0.2, 0.25) is 5.96 Å². The van der Waals surface area contributed by atoms with Crippen molar-refractivity contribution < 1.29 is 14.5 Å². The van der Waals surface area contributed by atoms with Gasteiger partial charge in [-0.2, -0.15) is 0 Å². The summed E-state index contributed by atoms with van der Waals surface area (Å²) in [7, 11) is 0. The Balaban J connectivity index is 1.63. The van der Waals surface area contributed by atoms with Crippen molar-refractivity contribution in [3.63, 3.8) is 0 Å². The zero-order valence-electron chi connectivity index (χ0n) is 23.4. The predicted octanol–water partition coefficient (Wildman–Crippen LogP) is 3.69. The Morgan fingerprint density at radius 3 is 2.49 bits per heavy atom. The Bertz CT molecular complexity index is 858. The highest BCUT2D eigenvalue weighted by atomic mass is 16.5. The van der Waals surface area contributed by atoms with Gasteiger partial charge in [0, 0.05) is 11.7 Å². The van der Waals surface area contributed by atoms with E-state index < -0.39 is 0 Å². The molecule has 3 heterocycles. The van der Waals surface area contributed by atoms with Crippen LogP contribution in [-0.4, -0.2) is 53.7 Å². The second kappa shape index (κ2) is 15.8. The number of hydrogen-bond acceptors (Lipinski definition) is 5. The number of rotatable bonds is 18. The molecule has 0 aliphatic carbocycles. The highest BCUT2D eigenvalue weighted by Crippen LogP contribution is 2.40. The third-order valence-corrected chi connectivity index (χ3v) is 7.74. The van der Waals surface area contributed by atoms with Crippen LogP contribution in [0.2, 0.25) is 0 Å². The lowest BCUT2D eigenvalue weighted by molar-refractivity contribution is -0.459. The van der Waals surface area contributed by atoms with Crippen molar-refractivity contribution in [2.24, 2.45) is 21.5 Å².